The van der Waals surface area contributed by atoms with E-state index in [1.165, 1.54) is 0 Å². The van der Waals surface area contributed by atoms with Gasteiger partial charge in [0.2, 0.25) is 5.79 Å². The fourth-order valence-corrected chi connectivity index (χ4v) is 3.93. The summed E-state index contributed by atoms with van der Waals surface area (Å²) in [6.07, 6.45) is -21.0. The molecule has 0 aromatic rings. The van der Waals surface area contributed by atoms with Crippen molar-refractivity contribution in [2.45, 2.75) is 85.5 Å². The number of aliphatic hydroxyl groups is 11. The fraction of sp³-hybridized carbons (Fsp3) is 1.00. The van der Waals surface area contributed by atoms with Crippen molar-refractivity contribution in [1.29, 1.82) is 0 Å². The van der Waals surface area contributed by atoms with Gasteiger partial charge in [-0.1, -0.05) is 0 Å². The third kappa shape index (κ3) is 5.37. The Labute approximate surface area is 192 Å². The topological polar surface area (TPSA) is 269 Å². The molecule has 0 spiro atoms. The molecule has 0 aliphatic carbocycles. The minimum absolute atomic E-state index is 0.594. The Bertz CT molecular complexity index is 651. The first kappa shape index (κ1) is 27.9. The standard InChI is InChI=1S/C18H32O16/c19-1-5-8(21)11(24)13(26)16(32-5)30-3-7-10(23)15(28)18(29,34-7)4-31-17-14(27)12(25)9(22)6(2-20)33-17/h5-17,19-29H,1-4H2. The Balaban J connectivity index is 1.57. The van der Waals surface area contributed by atoms with Crippen LogP contribution in [-0.2, 0) is 23.7 Å². The molecule has 0 radical (unpaired) electrons. The van der Waals surface area contributed by atoms with Crippen LogP contribution in [0.25, 0.3) is 0 Å². The largest absolute Gasteiger partial charge is 0.394 e. The van der Waals surface area contributed by atoms with Crippen molar-refractivity contribution in [3.05, 3.63) is 0 Å². The van der Waals surface area contributed by atoms with Gasteiger partial charge in [-0.3, -0.25) is 0 Å². The van der Waals surface area contributed by atoms with Gasteiger partial charge in [-0.15, -0.1) is 0 Å². The van der Waals surface area contributed by atoms with E-state index >= 15 is 0 Å². The fourth-order valence-electron chi connectivity index (χ4n) is 3.93. The molecule has 3 aliphatic heterocycles. The van der Waals surface area contributed by atoms with E-state index in [9.17, 15) is 56.2 Å². The number of ether oxygens (including phenoxy) is 5. The van der Waals surface area contributed by atoms with Crippen molar-refractivity contribution < 1.29 is 79.9 Å². The summed E-state index contributed by atoms with van der Waals surface area (Å²) in [4.78, 5) is 0. The summed E-state index contributed by atoms with van der Waals surface area (Å²) < 4.78 is 25.9. The predicted octanol–water partition coefficient (Wildman–Crippen LogP) is -7.57. The van der Waals surface area contributed by atoms with Gasteiger partial charge < -0.3 is 79.9 Å². The number of rotatable bonds is 8. The molecule has 0 aromatic carbocycles. The predicted molar refractivity (Wildman–Crippen MR) is 101 cm³/mol. The van der Waals surface area contributed by atoms with Gasteiger partial charge >= 0.3 is 0 Å². The minimum atomic E-state index is -2.55. The average molecular weight is 504 g/mol. The molecule has 0 aromatic heterocycles. The Morgan fingerprint density at radius 3 is 1.53 bits per heavy atom. The molecule has 3 fully saturated rings. The van der Waals surface area contributed by atoms with Gasteiger partial charge in [0.05, 0.1) is 19.8 Å². The van der Waals surface area contributed by atoms with E-state index in [-0.39, 0.29) is 0 Å². The summed E-state index contributed by atoms with van der Waals surface area (Å²) in [5.74, 6) is -2.55. The van der Waals surface area contributed by atoms with Gasteiger partial charge in [0.15, 0.2) is 12.6 Å². The van der Waals surface area contributed by atoms with E-state index in [0.717, 1.165) is 0 Å². The molecule has 200 valence electrons. The highest BCUT2D eigenvalue weighted by Gasteiger charge is 2.55. The highest BCUT2D eigenvalue weighted by molar-refractivity contribution is 4.97. The van der Waals surface area contributed by atoms with Crippen molar-refractivity contribution in [1.82, 2.24) is 0 Å². The molecule has 0 amide bonds. The van der Waals surface area contributed by atoms with Crippen LogP contribution in [0.5, 0.6) is 0 Å². The third-order valence-corrected chi connectivity index (χ3v) is 6.10. The maximum absolute atomic E-state index is 10.6. The first-order valence-corrected chi connectivity index (χ1v) is 10.6. The maximum atomic E-state index is 10.6. The van der Waals surface area contributed by atoms with Crippen molar-refractivity contribution in [2.24, 2.45) is 0 Å². The molecular weight excluding hydrogens is 472 g/mol. The SMILES string of the molecule is OCC1OC(OCC2OC(O)(COC3OC(CO)C(O)C(O)C3O)C(O)C2O)C(O)C(O)C1O. The van der Waals surface area contributed by atoms with Crippen molar-refractivity contribution in [3.8, 4) is 0 Å². The lowest BCUT2D eigenvalue weighted by atomic mass is 9.99. The van der Waals surface area contributed by atoms with Gasteiger partial charge in [0.25, 0.3) is 0 Å². The second-order valence-electron chi connectivity index (χ2n) is 8.48. The van der Waals surface area contributed by atoms with Gasteiger partial charge in [-0.25, -0.2) is 0 Å². The van der Waals surface area contributed by atoms with Gasteiger partial charge in [-0.05, 0) is 0 Å². The highest BCUT2D eigenvalue weighted by Crippen LogP contribution is 2.32. The molecule has 14 unspecified atom stereocenters. The van der Waals surface area contributed by atoms with Crippen LogP contribution >= 0.6 is 0 Å². The van der Waals surface area contributed by atoms with Crippen LogP contribution in [0.3, 0.4) is 0 Å². The maximum Gasteiger partial charge on any atom is 0.219 e. The molecule has 0 bridgehead atoms. The summed E-state index contributed by atoms with van der Waals surface area (Å²) in [6, 6.07) is 0. The number of hydrogen-bond acceptors (Lipinski definition) is 16. The summed E-state index contributed by atoms with van der Waals surface area (Å²) in [5, 5.41) is 109. The van der Waals surface area contributed by atoms with E-state index in [1.807, 2.05) is 0 Å². The molecule has 14 atom stereocenters. The van der Waals surface area contributed by atoms with Gasteiger partial charge in [-0.2, -0.15) is 0 Å². The monoisotopic (exact) mass is 504 g/mol. The second-order valence-corrected chi connectivity index (χ2v) is 8.48. The lowest BCUT2D eigenvalue weighted by Gasteiger charge is -2.40. The lowest BCUT2D eigenvalue weighted by Crippen LogP contribution is -2.60. The summed E-state index contributed by atoms with van der Waals surface area (Å²) in [7, 11) is 0. The zero-order valence-corrected chi connectivity index (χ0v) is 17.8. The molecule has 34 heavy (non-hydrogen) atoms. The molecule has 3 rings (SSSR count). The second kappa shape index (κ2) is 11.2. The van der Waals surface area contributed by atoms with E-state index in [0.29, 0.717) is 0 Å². The normalized spacial score (nSPS) is 52.1. The lowest BCUT2D eigenvalue weighted by molar-refractivity contribution is -0.335. The summed E-state index contributed by atoms with van der Waals surface area (Å²) in [5.41, 5.74) is 0. The Morgan fingerprint density at radius 2 is 1.06 bits per heavy atom. The Morgan fingerprint density at radius 1 is 0.588 bits per heavy atom. The summed E-state index contributed by atoms with van der Waals surface area (Å²) >= 11 is 0. The Hall–Kier alpha value is -0.640. The molecule has 0 saturated carbocycles. The van der Waals surface area contributed by atoms with Crippen molar-refractivity contribution >= 4 is 0 Å². The highest BCUT2D eigenvalue weighted by atomic mass is 16.7. The van der Waals surface area contributed by atoms with Crippen molar-refractivity contribution in [2.75, 3.05) is 26.4 Å². The van der Waals surface area contributed by atoms with E-state index in [1.54, 1.807) is 0 Å². The Kier molecular flexibility index (Phi) is 9.18. The zero-order valence-electron chi connectivity index (χ0n) is 17.8. The first-order valence-electron chi connectivity index (χ1n) is 10.6. The molecule has 16 nitrogen and oxygen atoms in total. The number of aliphatic hydroxyl groups excluding tert-OH is 10. The molecule has 3 saturated heterocycles. The quantitative estimate of drug-likeness (QED) is 0.146. The molecule has 3 aliphatic rings. The minimum Gasteiger partial charge on any atom is -0.394 e. The van der Waals surface area contributed by atoms with Gasteiger partial charge in [0.1, 0.15) is 73.8 Å². The molecular formula is C18H32O16. The third-order valence-electron chi connectivity index (χ3n) is 6.10. The molecule has 3 heterocycles. The van der Waals surface area contributed by atoms with E-state index in [4.69, 9.17) is 23.7 Å². The van der Waals surface area contributed by atoms with Crippen LogP contribution in [0, 0.1) is 0 Å². The van der Waals surface area contributed by atoms with Crippen LogP contribution in [0.15, 0.2) is 0 Å². The van der Waals surface area contributed by atoms with Crippen LogP contribution in [0.1, 0.15) is 0 Å². The molecule has 11 N–H and O–H groups in total. The van der Waals surface area contributed by atoms with Crippen LogP contribution < -0.4 is 0 Å². The van der Waals surface area contributed by atoms with Crippen molar-refractivity contribution in [3.63, 3.8) is 0 Å². The first-order chi connectivity index (χ1) is 15.9. The van der Waals surface area contributed by atoms with Crippen LogP contribution in [0.2, 0.25) is 0 Å². The van der Waals surface area contributed by atoms with E-state index < -0.39 is 112 Å². The molecule has 16 heteroatoms. The van der Waals surface area contributed by atoms with E-state index in [2.05, 4.69) is 0 Å². The van der Waals surface area contributed by atoms with Crippen LogP contribution in [0.4, 0.5) is 0 Å². The zero-order chi connectivity index (χ0) is 25.4. The number of hydrogen-bond donors (Lipinski definition) is 11. The average Bonchev–Trinajstić information content (AvgIpc) is 3.04. The smallest absolute Gasteiger partial charge is 0.219 e. The summed E-state index contributed by atoms with van der Waals surface area (Å²) in [6.45, 7) is -2.90. The van der Waals surface area contributed by atoms with Gasteiger partial charge in [0, 0.05) is 0 Å². The van der Waals surface area contributed by atoms with Crippen LogP contribution in [-0.4, -0.2) is 168 Å².